The van der Waals surface area contributed by atoms with Crippen LogP contribution in [0.25, 0.3) is 0 Å². The molecule has 4 rings (SSSR count). The number of nitrogens with one attached hydrogen (secondary N) is 2. The third-order valence-electron chi connectivity index (χ3n) is 8.01. The molecule has 9 nitrogen and oxygen atoms in total. The van der Waals surface area contributed by atoms with Gasteiger partial charge in [0.25, 0.3) is 0 Å². The first-order valence-electron chi connectivity index (χ1n) is 12.3. The molecule has 0 spiro atoms. The fourth-order valence-corrected chi connectivity index (χ4v) is 5.77. The predicted octanol–water partition coefficient (Wildman–Crippen LogP) is 2.29. The van der Waals surface area contributed by atoms with Gasteiger partial charge in [-0.15, -0.1) is 0 Å². The second kappa shape index (κ2) is 8.47. The number of ether oxygens (including phenoxy) is 1. The molecule has 1 saturated heterocycles. The fourth-order valence-electron chi connectivity index (χ4n) is 5.77. The zero-order valence-electron chi connectivity index (χ0n) is 20.1. The first-order chi connectivity index (χ1) is 15.5. The largest absolute Gasteiger partial charge is 0.479 e. The number of hydrogen-bond acceptors (Lipinski definition) is 5. The molecule has 2 unspecified atom stereocenters. The maximum atomic E-state index is 13.5. The molecule has 3 aliphatic carbocycles. The van der Waals surface area contributed by atoms with Gasteiger partial charge in [0, 0.05) is 6.54 Å². The summed E-state index contributed by atoms with van der Waals surface area (Å²) in [7, 11) is 0. The third kappa shape index (κ3) is 4.68. The third-order valence-corrected chi connectivity index (χ3v) is 8.01. The number of hydrogen-bond donors (Lipinski definition) is 3. The lowest BCUT2D eigenvalue weighted by Gasteiger charge is -2.35. The fraction of sp³-hybridized carbons (Fsp3) is 0.833. The van der Waals surface area contributed by atoms with Crippen molar-refractivity contribution in [3.8, 4) is 0 Å². The molecule has 0 aromatic heterocycles. The van der Waals surface area contributed by atoms with Gasteiger partial charge in [-0.05, 0) is 61.7 Å². The van der Waals surface area contributed by atoms with Crippen molar-refractivity contribution in [3.05, 3.63) is 0 Å². The van der Waals surface area contributed by atoms with E-state index in [1.165, 1.54) is 11.3 Å². The molecule has 3 saturated carbocycles. The molecule has 184 valence electrons. The average molecular weight is 464 g/mol. The predicted molar refractivity (Wildman–Crippen MR) is 119 cm³/mol. The normalized spacial score (nSPS) is 35.4. The van der Waals surface area contributed by atoms with E-state index in [1.807, 2.05) is 27.7 Å². The summed E-state index contributed by atoms with van der Waals surface area (Å²) >= 11 is 0. The van der Waals surface area contributed by atoms with Gasteiger partial charge in [-0.25, -0.2) is 9.59 Å². The maximum absolute atomic E-state index is 13.5. The summed E-state index contributed by atoms with van der Waals surface area (Å²) in [6.07, 6.45) is 4.52. The monoisotopic (exact) mass is 463 g/mol. The number of nitrogens with zero attached hydrogens (tertiary/aromatic N) is 1. The summed E-state index contributed by atoms with van der Waals surface area (Å²) in [6.45, 7) is 7.88. The Morgan fingerprint density at radius 1 is 1.15 bits per heavy atom. The summed E-state index contributed by atoms with van der Waals surface area (Å²) in [4.78, 5) is 52.5. The van der Waals surface area contributed by atoms with Crippen LogP contribution in [-0.4, -0.2) is 64.2 Å². The maximum Gasteiger partial charge on any atom is 0.408 e. The molecule has 1 heterocycles. The molecule has 3 N–H and O–H groups in total. The minimum Gasteiger partial charge on any atom is -0.479 e. The van der Waals surface area contributed by atoms with Crippen molar-refractivity contribution in [1.29, 1.82) is 0 Å². The van der Waals surface area contributed by atoms with E-state index in [9.17, 15) is 24.3 Å². The SMILES string of the molecule is CC[C@@H]1C[C@]1(NC(=O)C1CCCN1C(=O)[C@@H](NC(=O)OC1C[C@@H]2C[C@@H]2C1)C(C)(C)C)C(=O)O. The van der Waals surface area contributed by atoms with Gasteiger partial charge in [0.2, 0.25) is 11.8 Å². The molecule has 0 radical (unpaired) electrons. The molecule has 4 fully saturated rings. The standard InChI is InChI=1S/C24H37N3O6/c1-5-15-12-24(15,21(30)31)26-19(28)17-7-6-8-27(17)20(29)18(23(2,3)4)25-22(32)33-16-10-13-9-14(13)11-16/h13-18H,5-12H2,1-4H3,(H,25,32)(H,26,28)(H,30,31)/t13-,14+,15-,16?,17?,18-,24-/m1/s1. The van der Waals surface area contributed by atoms with E-state index in [-0.39, 0.29) is 17.9 Å². The van der Waals surface area contributed by atoms with Crippen LogP contribution in [0, 0.1) is 23.2 Å². The number of amides is 3. The highest BCUT2D eigenvalue weighted by molar-refractivity contribution is 5.96. The first kappa shape index (κ1) is 23.8. The van der Waals surface area contributed by atoms with Gasteiger partial charge in [-0.1, -0.05) is 34.1 Å². The number of aliphatic carboxylic acids is 1. The number of likely N-dealkylation sites (tertiary alicyclic amines) is 1. The van der Waals surface area contributed by atoms with Gasteiger partial charge in [0.05, 0.1) is 0 Å². The molecular weight excluding hydrogens is 426 g/mol. The van der Waals surface area contributed by atoms with E-state index in [2.05, 4.69) is 10.6 Å². The number of carbonyl (C=O) groups is 4. The molecule has 0 aromatic rings. The number of carboxylic acid groups (broad SMARTS) is 1. The number of rotatable bonds is 7. The number of carbonyl (C=O) groups excluding carboxylic acids is 3. The molecule has 9 heteroatoms. The Labute approximate surface area is 195 Å². The van der Waals surface area contributed by atoms with Crippen LogP contribution in [0.15, 0.2) is 0 Å². The lowest BCUT2D eigenvalue weighted by atomic mass is 9.85. The zero-order valence-corrected chi connectivity index (χ0v) is 20.1. The highest BCUT2D eigenvalue weighted by atomic mass is 16.6. The Kier molecular flexibility index (Phi) is 6.12. The van der Waals surface area contributed by atoms with Gasteiger partial charge < -0.3 is 25.4 Å². The lowest BCUT2D eigenvalue weighted by Crippen LogP contribution is -2.59. The van der Waals surface area contributed by atoms with Crippen LogP contribution in [0.5, 0.6) is 0 Å². The van der Waals surface area contributed by atoms with Crippen molar-refractivity contribution in [1.82, 2.24) is 15.5 Å². The topological polar surface area (TPSA) is 125 Å². The lowest BCUT2D eigenvalue weighted by molar-refractivity contribution is -0.146. The molecule has 7 atom stereocenters. The molecule has 0 bridgehead atoms. The Balaban J connectivity index is 1.41. The van der Waals surface area contributed by atoms with E-state index in [0.717, 1.165) is 12.8 Å². The molecule has 1 aliphatic heterocycles. The van der Waals surface area contributed by atoms with Crippen LogP contribution in [0.2, 0.25) is 0 Å². The zero-order chi connectivity index (χ0) is 24.1. The number of fused-ring (bicyclic) bond motifs is 1. The van der Waals surface area contributed by atoms with E-state index >= 15 is 0 Å². The van der Waals surface area contributed by atoms with Crippen LogP contribution in [0.1, 0.15) is 72.6 Å². The Morgan fingerprint density at radius 3 is 2.36 bits per heavy atom. The van der Waals surface area contributed by atoms with E-state index < -0.39 is 41.0 Å². The van der Waals surface area contributed by atoms with Gasteiger partial charge >= 0.3 is 12.1 Å². The van der Waals surface area contributed by atoms with Crippen LogP contribution in [-0.2, 0) is 19.1 Å². The van der Waals surface area contributed by atoms with Crippen LogP contribution >= 0.6 is 0 Å². The van der Waals surface area contributed by atoms with Crippen LogP contribution in [0.3, 0.4) is 0 Å². The Bertz CT molecular complexity index is 829. The smallest absolute Gasteiger partial charge is 0.408 e. The highest BCUT2D eigenvalue weighted by Crippen LogP contribution is 2.52. The van der Waals surface area contributed by atoms with Crippen molar-refractivity contribution >= 4 is 23.9 Å². The van der Waals surface area contributed by atoms with Crippen molar-refractivity contribution in [2.75, 3.05) is 6.54 Å². The summed E-state index contributed by atoms with van der Waals surface area (Å²) in [5, 5.41) is 15.1. The van der Waals surface area contributed by atoms with Gasteiger partial charge in [-0.3, -0.25) is 9.59 Å². The molecular formula is C24H37N3O6. The van der Waals surface area contributed by atoms with E-state index in [0.29, 0.717) is 44.1 Å². The van der Waals surface area contributed by atoms with Gasteiger partial charge in [-0.2, -0.15) is 0 Å². The first-order valence-corrected chi connectivity index (χ1v) is 12.3. The second-order valence-corrected chi connectivity index (χ2v) is 11.5. The van der Waals surface area contributed by atoms with Crippen LogP contribution < -0.4 is 10.6 Å². The quantitative estimate of drug-likeness (QED) is 0.532. The Hall–Kier alpha value is -2.32. The van der Waals surface area contributed by atoms with Gasteiger partial charge in [0.15, 0.2) is 0 Å². The summed E-state index contributed by atoms with van der Waals surface area (Å²) in [5.74, 6) is -0.526. The Morgan fingerprint density at radius 2 is 1.82 bits per heavy atom. The van der Waals surface area contributed by atoms with E-state index in [1.54, 1.807) is 0 Å². The molecule has 4 aliphatic rings. The minimum absolute atomic E-state index is 0.0907. The summed E-state index contributed by atoms with van der Waals surface area (Å²) in [6, 6.07) is -1.59. The second-order valence-electron chi connectivity index (χ2n) is 11.5. The van der Waals surface area contributed by atoms with Crippen molar-refractivity contribution in [2.24, 2.45) is 23.2 Å². The molecule has 3 amide bonds. The van der Waals surface area contributed by atoms with Crippen LogP contribution in [0.4, 0.5) is 4.79 Å². The molecule has 33 heavy (non-hydrogen) atoms. The van der Waals surface area contributed by atoms with Crippen molar-refractivity contribution in [3.63, 3.8) is 0 Å². The van der Waals surface area contributed by atoms with Crippen molar-refractivity contribution in [2.45, 2.75) is 96.4 Å². The highest BCUT2D eigenvalue weighted by Gasteiger charge is 2.61. The molecule has 0 aromatic carbocycles. The number of carboxylic acids is 1. The minimum atomic E-state index is -1.23. The average Bonchev–Trinajstić information content (AvgIpc) is 3.50. The summed E-state index contributed by atoms with van der Waals surface area (Å²) < 4.78 is 5.58. The number of alkyl carbamates (subject to hydrolysis) is 1. The summed E-state index contributed by atoms with van der Waals surface area (Å²) in [5.41, 5.74) is -1.82. The van der Waals surface area contributed by atoms with Gasteiger partial charge in [0.1, 0.15) is 23.7 Å². The van der Waals surface area contributed by atoms with E-state index in [4.69, 9.17) is 4.74 Å². The van der Waals surface area contributed by atoms with Crippen molar-refractivity contribution < 1.29 is 29.0 Å².